The average molecular weight is 370 g/mol. The standard InChI is InChI=1S/C18H18ClF2NOS/c1-11(9-23)10-24-18-7-13(3-5-15(18)19)12(2)22-14-4-6-16(20)17(21)8-14/h3-8,11,22-23H,2,9-10H2,1H3. The Morgan fingerprint density at radius 2 is 2.00 bits per heavy atom. The number of aliphatic hydroxyl groups excluding tert-OH is 1. The summed E-state index contributed by atoms with van der Waals surface area (Å²) >= 11 is 7.75. The predicted molar refractivity (Wildman–Crippen MR) is 97.4 cm³/mol. The minimum Gasteiger partial charge on any atom is -0.396 e. The van der Waals surface area contributed by atoms with Gasteiger partial charge in [-0.05, 0) is 35.7 Å². The number of benzene rings is 2. The molecule has 2 aromatic carbocycles. The Morgan fingerprint density at radius 1 is 1.25 bits per heavy atom. The van der Waals surface area contributed by atoms with Crippen LogP contribution in [0.4, 0.5) is 14.5 Å². The van der Waals surface area contributed by atoms with Crippen LogP contribution in [0.15, 0.2) is 47.9 Å². The number of hydrogen-bond acceptors (Lipinski definition) is 3. The van der Waals surface area contributed by atoms with Crippen LogP contribution in [0.25, 0.3) is 5.70 Å². The number of thioether (sulfide) groups is 1. The zero-order valence-electron chi connectivity index (χ0n) is 13.2. The van der Waals surface area contributed by atoms with Gasteiger partial charge in [0.05, 0.1) is 5.02 Å². The molecule has 2 aromatic rings. The molecule has 0 aliphatic heterocycles. The summed E-state index contributed by atoms with van der Waals surface area (Å²) in [5.41, 5.74) is 1.76. The van der Waals surface area contributed by atoms with Crippen LogP contribution < -0.4 is 5.32 Å². The van der Waals surface area contributed by atoms with E-state index in [1.54, 1.807) is 23.9 Å². The molecule has 0 spiro atoms. The normalized spacial score (nSPS) is 12.0. The average Bonchev–Trinajstić information content (AvgIpc) is 2.57. The molecule has 24 heavy (non-hydrogen) atoms. The van der Waals surface area contributed by atoms with E-state index in [0.29, 0.717) is 16.4 Å². The summed E-state index contributed by atoms with van der Waals surface area (Å²) in [5.74, 6) is -0.909. The van der Waals surface area contributed by atoms with Crippen LogP contribution in [0.5, 0.6) is 0 Å². The lowest BCUT2D eigenvalue weighted by Crippen LogP contribution is -2.03. The van der Waals surface area contributed by atoms with E-state index in [-0.39, 0.29) is 12.5 Å². The predicted octanol–water partition coefficient (Wildman–Crippen LogP) is 5.42. The first-order valence-corrected chi connectivity index (χ1v) is 8.71. The highest BCUT2D eigenvalue weighted by atomic mass is 35.5. The second-order valence-corrected chi connectivity index (χ2v) is 6.95. The molecule has 0 aliphatic rings. The molecular weight excluding hydrogens is 352 g/mol. The van der Waals surface area contributed by atoms with Crippen molar-refractivity contribution in [2.75, 3.05) is 17.7 Å². The van der Waals surface area contributed by atoms with Crippen molar-refractivity contribution in [1.29, 1.82) is 0 Å². The molecule has 0 saturated heterocycles. The SMILES string of the molecule is C=C(Nc1ccc(F)c(F)c1)c1ccc(Cl)c(SCC(C)CO)c1. The van der Waals surface area contributed by atoms with Gasteiger partial charge in [0.25, 0.3) is 0 Å². The van der Waals surface area contributed by atoms with E-state index < -0.39 is 11.6 Å². The van der Waals surface area contributed by atoms with Gasteiger partial charge in [0.2, 0.25) is 0 Å². The van der Waals surface area contributed by atoms with Gasteiger partial charge in [-0.3, -0.25) is 0 Å². The Labute approximate surface area is 149 Å². The van der Waals surface area contributed by atoms with E-state index in [0.717, 1.165) is 28.3 Å². The van der Waals surface area contributed by atoms with Gasteiger partial charge >= 0.3 is 0 Å². The monoisotopic (exact) mass is 369 g/mol. The van der Waals surface area contributed by atoms with Gasteiger partial charge in [0.1, 0.15) is 0 Å². The molecular formula is C18H18ClF2NOS. The molecule has 0 aromatic heterocycles. The molecule has 0 fully saturated rings. The summed E-state index contributed by atoms with van der Waals surface area (Å²) in [6.07, 6.45) is 0. The smallest absolute Gasteiger partial charge is 0.160 e. The summed E-state index contributed by atoms with van der Waals surface area (Å²) in [7, 11) is 0. The lowest BCUT2D eigenvalue weighted by molar-refractivity contribution is 0.250. The topological polar surface area (TPSA) is 32.3 Å². The fourth-order valence-electron chi connectivity index (χ4n) is 1.91. The first-order chi connectivity index (χ1) is 11.4. The summed E-state index contributed by atoms with van der Waals surface area (Å²) < 4.78 is 26.2. The maximum absolute atomic E-state index is 13.3. The van der Waals surface area contributed by atoms with Gasteiger partial charge in [0, 0.05) is 34.7 Å². The van der Waals surface area contributed by atoms with Crippen LogP contribution in [0.2, 0.25) is 5.02 Å². The molecule has 2 N–H and O–H groups in total. The Hall–Kier alpha value is -1.56. The van der Waals surface area contributed by atoms with E-state index in [9.17, 15) is 8.78 Å². The number of rotatable bonds is 7. The van der Waals surface area contributed by atoms with Crippen molar-refractivity contribution in [2.24, 2.45) is 5.92 Å². The first kappa shape index (κ1) is 18.8. The van der Waals surface area contributed by atoms with Gasteiger partial charge in [0.15, 0.2) is 11.6 Å². The quantitative estimate of drug-likeness (QED) is 0.639. The van der Waals surface area contributed by atoms with E-state index in [4.69, 9.17) is 16.7 Å². The molecule has 0 aliphatic carbocycles. The lowest BCUT2D eigenvalue weighted by atomic mass is 10.1. The Morgan fingerprint density at radius 3 is 2.67 bits per heavy atom. The van der Waals surface area contributed by atoms with Gasteiger partial charge in [-0.15, -0.1) is 11.8 Å². The summed E-state index contributed by atoms with van der Waals surface area (Å²) in [4.78, 5) is 0.878. The molecule has 2 rings (SSSR count). The van der Waals surface area contributed by atoms with Crippen molar-refractivity contribution in [3.63, 3.8) is 0 Å². The first-order valence-electron chi connectivity index (χ1n) is 7.35. The van der Waals surface area contributed by atoms with Crippen molar-refractivity contribution in [3.8, 4) is 0 Å². The summed E-state index contributed by atoms with van der Waals surface area (Å²) in [5, 5.41) is 12.7. The van der Waals surface area contributed by atoms with Crippen LogP contribution in [-0.2, 0) is 0 Å². The molecule has 0 heterocycles. The molecule has 0 saturated carbocycles. The third-order valence-corrected chi connectivity index (χ3v) is 5.16. The van der Waals surface area contributed by atoms with E-state index in [1.165, 1.54) is 6.07 Å². The molecule has 1 unspecified atom stereocenters. The number of anilines is 1. The van der Waals surface area contributed by atoms with Crippen LogP contribution >= 0.6 is 23.4 Å². The van der Waals surface area contributed by atoms with Crippen molar-refractivity contribution >= 4 is 34.7 Å². The van der Waals surface area contributed by atoms with Crippen LogP contribution in [0, 0.1) is 17.6 Å². The Kier molecular flexibility index (Phi) is 6.66. The molecule has 0 amide bonds. The number of aliphatic hydroxyl groups is 1. The zero-order valence-corrected chi connectivity index (χ0v) is 14.7. The van der Waals surface area contributed by atoms with Gasteiger partial charge in [-0.1, -0.05) is 31.2 Å². The summed E-state index contributed by atoms with van der Waals surface area (Å²) in [6, 6.07) is 9.03. The van der Waals surface area contributed by atoms with Crippen LogP contribution in [-0.4, -0.2) is 17.5 Å². The zero-order chi connectivity index (χ0) is 17.7. The minimum atomic E-state index is -0.918. The fourth-order valence-corrected chi connectivity index (χ4v) is 3.17. The van der Waals surface area contributed by atoms with Crippen molar-refractivity contribution in [1.82, 2.24) is 0 Å². The van der Waals surface area contributed by atoms with Gasteiger partial charge in [-0.25, -0.2) is 8.78 Å². The molecule has 2 nitrogen and oxygen atoms in total. The molecule has 0 bridgehead atoms. The number of nitrogens with one attached hydrogen (secondary N) is 1. The Bertz CT molecular complexity index is 739. The number of hydrogen-bond donors (Lipinski definition) is 2. The molecule has 128 valence electrons. The number of halogens is 3. The van der Waals surface area contributed by atoms with Crippen LogP contribution in [0.1, 0.15) is 12.5 Å². The largest absolute Gasteiger partial charge is 0.396 e. The lowest BCUT2D eigenvalue weighted by Gasteiger charge is -2.13. The second-order valence-electron chi connectivity index (χ2n) is 5.48. The maximum atomic E-state index is 13.3. The maximum Gasteiger partial charge on any atom is 0.160 e. The highest BCUT2D eigenvalue weighted by molar-refractivity contribution is 7.99. The molecule has 1 atom stereocenters. The van der Waals surface area contributed by atoms with E-state index in [1.807, 2.05) is 13.0 Å². The van der Waals surface area contributed by atoms with Gasteiger partial charge < -0.3 is 10.4 Å². The highest BCUT2D eigenvalue weighted by Crippen LogP contribution is 2.31. The fraction of sp³-hybridized carbons (Fsp3) is 0.222. The highest BCUT2D eigenvalue weighted by Gasteiger charge is 2.09. The van der Waals surface area contributed by atoms with E-state index in [2.05, 4.69) is 11.9 Å². The minimum absolute atomic E-state index is 0.120. The van der Waals surface area contributed by atoms with E-state index >= 15 is 0 Å². The second kappa shape index (κ2) is 8.51. The van der Waals surface area contributed by atoms with Crippen molar-refractivity contribution in [3.05, 3.63) is 65.2 Å². The molecule has 0 radical (unpaired) electrons. The van der Waals surface area contributed by atoms with Crippen molar-refractivity contribution in [2.45, 2.75) is 11.8 Å². The summed E-state index contributed by atoms with van der Waals surface area (Å²) in [6.45, 7) is 6.01. The third kappa shape index (κ3) is 4.97. The third-order valence-electron chi connectivity index (χ3n) is 3.33. The van der Waals surface area contributed by atoms with Gasteiger partial charge in [-0.2, -0.15) is 0 Å². The van der Waals surface area contributed by atoms with Crippen LogP contribution in [0.3, 0.4) is 0 Å². The molecule has 6 heteroatoms. The van der Waals surface area contributed by atoms with Crippen molar-refractivity contribution < 1.29 is 13.9 Å². The Balaban J connectivity index is 2.12.